The van der Waals surface area contributed by atoms with Gasteiger partial charge in [-0.05, 0) is 13.8 Å². The Bertz CT molecular complexity index is 287. The van der Waals surface area contributed by atoms with E-state index in [0.717, 1.165) is 4.31 Å². The van der Waals surface area contributed by atoms with Gasteiger partial charge in [0.2, 0.25) is 5.91 Å². The molecule has 0 fully saturated rings. The van der Waals surface area contributed by atoms with Crippen LogP contribution in [0.2, 0.25) is 0 Å². The molecule has 0 aromatic carbocycles. The van der Waals surface area contributed by atoms with Crippen molar-refractivity contribution in [3.8, 4) is 0 Å². The predicted molar refractivity (Wildman–Crippen MR) is 55.3 cm³/mol. The summed E-state index contributed by atoms with van der Waals surface area (Å²) in [5, 5.41) is 0. The lowest BCUT2D eigenvalue weighted by molar-refractivity contribution is -0.130. The quantitative estimate of drug-likeness (QED) is 0.651. The first kappa shape index (κ1) is 13.7. The average molecular weight is 243 g/mol. The van der Waals surface area contributed by atoms with Crippen molar-refractivity contribution in [2.75, 3.05) is 26.7 Å². The van der Waals surface area contributed by atoms with Crippen LogP contribution in [0.15, 0.2) is 0 Å². The van der Waals surface area contributed by atoms with E-state index in [1.54, 1.807) is 4.90 Å². The summed E-state index contributed by atoms with van der Waals surface area (Å²) in [5.74, 6) is -0.248. The number of halogens is 1. The molecule has 7 heteroatoms. The van der Waals surface area contributed by atoms with Crippen molar-refractivity contribution in [2.24, 2.45) is 0 Å². The molecule has 0 aromatic heterocycles. The van der Waals surface area contributed by atoms with Crippen molar-refractivity contribution in [1.29, 1.82) is 0 Å². The Labute approximate surface area is 89.2 Å². The zero-order valence-electron chi connectivity index (χ0n) is 8.53. The van der Waals surface area contributed by atoms with E-state index < -0.39 is 9.24 Å². The number of carbonyl (C=O) groups excluding carboxylic acids is 1. The molecule has 0 aromatic rings. The molecule has 14 heavy (non-hydrogen) atoms. The Hall–Kier alpha value is -0.330. The second-order valence-electron chi connectivity index (χ2n) is 2.76. The maximum atomic E-state index is 11.4. The molecular weight excluding hydrogens is 228 g/mol. The standard InChI is InChI=1S/C7H15ClN2O3S/c1-4-10(5-2)7(11)6-9(3)14(8,12)13/h4-6H2,1-3H3. The van der Waals surface area contributed by atoms with E-state index in [4.69, 9.17) is 10.7 Å². The predicted octanol–water partition coefficient (Wildman–Crippen LogP) is 0.270. The molecule has 0 radical (unpaired) electrons. The number of carbonyl (C=O) groups is 1. The van der Waals surface area contributed by atoms with Crippen LogP contribution in [0.5, 0.6) is 0 Å². The van der Waals surface area contributed by atoms with Crippen molar-refractivity contribution < 1.29 is 13.2 Å². The fourth-order valence-electron chi connectivity index (χ4n) is 0.944. The summed E-state index contributed by atoms with van der Waals surface area (Å²) in [4.78, 5) is 13.0. The summed E-state index contributed by atoms with van der Waals surface area (Å²) in [6.07, 6.45) is 0. The fraction of sp³-hybridized carbons (Fsp3) is 0.857. The molecule has 0 saturated carbocycles. The Balaban J connectivity index is 4.33. The minimum Gasteiger partial charge on any atom is -0.342 e. The zero-order valence-corrected chi connectivity index (χ0v) is 10.1. The summed E-state index contributed by atoms with van der Waals surface area (Å²) in [5.41, 5.74) is 0. The van der Waals surface area contributed by atoms with Crippen LogP contribution in [0.1, 0.15) is 13.8 Å². The van der Waals surface area contributed by atoms with Crippen LogP contribution in [0.3, 0.4) is 0 Å². The molecule has 5 nitrogen and oxygen atoms in total. The van der Waals surface area contributed by atoms with E-state index in [9.17, 15) is 13.2 Å². The molecule has 0 aliphatic rings. The highest BCUT2D eigenvalue weighted by Crippen LogP contribution is 2.03. The molecule has 0 saturated heterocycles. The smallest absolute Gasteiger partial charge is 0.300 e. The first-order valence-corrected chi connectivity index (χ1v) is 6.53. The molecule has 0 bridgehead atoms. The largest absolute Gasteiger partial charge is 0.342 e. The minimum absolute atomic E-state index is 0.215. The van der Waals surface area contributed by atoms with Gasteiger partial charge in [-0.2, -0.15) is 12.7 Å². The van der Waals surface area contributed by atoms with Gasteiger partial charge in [0.1, 0.15) is 0 Å². The van der Waals surface area contributed by atoms with Crippen LogP contribution in [0.25, 0.3) is 0 Å². The minimum atomic E-state index is -3.79. The third-order valence-corrected chi connectivity index (χ3v) is 3.43. The molecule has 0 N–H and O–H groups in total. The van der Waals surface area contributed by atoms with E-state index in [0.29, 0.717) is 13.1 Å². The van der Waals surface area contributed by atoms with Gasteiger partial charge in [-0.25, -0.2) is 0 Å². The van der Waals surface area contributed by atoms with Gasteiger partial charge in [0.15, 0.2) is 0 Å². The lowest BCUT2D eigenvalue weighted by Gasteiger charge is -2.21. The van der Waals surface area contributed by atoms with Crippen LogP contribution >= 0.6 is 10.7 Å². The fourth-order valence-corrected chi connectivity index (χ4v) is 1.35. The SMILES string of the molecule is CCN(CC)C(=O)CN(C)S(=O)(=O)Cl. The number of nitrogens with zero attached hydrogens (tertiary/aromatic N) is 2. The Morgan fingerprint density at radius 2 is 1.71 bits per heavy atom. The summed E-state index contributed by atoms with van der Waals surface area (Å²) >= 11 is 0. The molecule has 1 amide bonds. The second-order valence-corrected chi connectivity index (χ2v) is 5.38. The van der Waals surface area contributed by atoms with Crippen LogP contribution in [-0.2, 0) is 14.0 Å². The molecular formula is C7H15ClN2O3S. The van der Waals surface area contributed by atoms with Gasteiger partial charge in [-0.1, -0.05) is 0 Å². The monoisotopic (exact) mass is 242 g/mol. The van der Waals surface area contributed by atoms with Gasteiger partial charge < -0.3 is 4.90 Å². The van der Waals surface area contributed by atoms with E-state index >= 15 is 0 Å². The Morgan fingerprint density at radius 3 is 2.00 bits per heavy atom. The van der Waals surface area contributed by atoms with E-state index in [1.165, 1.54) is 7.05 Å². The molecule has 0 unspecified atom stereocenters. The average Bonchev–Trinajstić information content (AvgIpc) is 2.04. The van der Waals surface area contributed by atoms with E-state index in [1.807, 2.05) is 13.8 Å². The number of rotatable bonds is 5. The van der Waals surface area contributed by atoms with E-state index in [-0.39, 0.29) is 12.5 Å². The van der Waals surface area contributed by atoms with Crippen LogP contribution < -0.4 is 0 Å². The first-order chi connectivity index (χ1) is 6.32. The molecule has 0 heterocycles. The highest BCUT2D eigenvalue weighted by Gasteiger charge is 2.19. The maximum absolute atomic E-state index is 11.4. The van der Waals surface area contributed by atoms with Crippen molar-refractivity contribution in [1.82, 2.24) is 9.21 Å². The molecule has 0 atom stereocenters. The number of likely N-dealkylation sites (N-methyl/N-ethyl adjacent to an activating group) is 2. The van der Waals surface area contributed by atoms with Crippen molar-refractivity contribution in [3.63, 3.8) is 0 Å². The van der Waals surface area contributed by atoms with Gasteiger partial charge >= 0.3 is 0 Å². The van der Waals surface area contributed by atoms with Crippen LogP contribution in [-0.4, -0.2) is 50.2 Å². The lowest BCUT2D eigenvalue weighted by atomic mass is 10.4. The lowest BCUT2D eigenvalue weighted by Crippen LogP contribution is -2.39. The van der Waals surface area contributed by atoms with Crippen molar-refractivity contribution in [3.05, 3.63) is 0 Å². The summed E-state index contributed by atoms with van der Waals surface area (Å²) < 4.78 is 22.4. The number of hydrogen-bond acceptors (Lipinski definition) is 3. The van der Waals surface area contributed by atoms with E-state index in [2.05, 4.69) is 0 Å². The van der Waals surface area contributed by atoms with Gasteiger partial charge in [0.25, 0.3) is 9.24 Å². The van der Waals surface area contributed by atoms with Gasteiger partial charge in [-0.3, -0.25) is 4.79 Å². The Morgan fingerprint density at radius 1 is 1.29 bits per heavy atom. The Kier molecular flexibility index (Phi) is 5.40. The highest BCUT2D eigenvalue weighted by atomic mass is 35.7. The zero-order chi connectivity index (χ0) is 11.4. The molecule has 84 valence electrons. The second kappa shape index (κ2) is 5.53. The highest BCUT2D eigenvalue weighted by molar-refractivity contribution is 8.11. The number of amides is 1. The van der Waals surface area contributed by atoms with Crippen molar-refractivity contribution >= 4 is 25.8 Å². The maximum Gasteiger partial charge on any atom is 0.300 e. The van der Waals surface area contributed by atoms with Gasteiger partial charge in [-0.15, -0.1) is 0 Å². The summed E-state index contributed by atoms with van der Waals surface area (Å²) in [6, 6.07) is 0. The number of hydrogen-bond donors (Lipinski definition) is 0. The third kappa shape index (κ3) is 4.26. The van der Waals surface area contributed by atoms with Gasteiger partial charge in [0.05, 0.1) is 6.54 Å². The van der Waals surface area contributed by atoms with Gasteiger partial charge in [0, 0.05) is 30.8 Å². The normalized spacial score (nSPS) is 11.8. The van der Waals surface area contributed by atoms with Crippen LogP contribution in [0.4, 0.5) is 0 Å². The summed E-state index contributed by atoms with van der Waals surface area (Å²) in [6.45, 7) is 4.57. The van der Waals surface area contributed by atoms with Crippen LogP contribution in [0, 0.1) is 0 Å². The topological polar surface area (TPSA) is 57.7 Å². The first-order valence-electron chi connectivity index (χ1n) is 4.26. The third-order valence-electron chi connectivity index (χ3n) is 1.85. The molecule has 0 rings (SSSR count). The molecule has 0 spiro atoms. The summed E-state index contributed by atoms with van der Waals surface area (Å²) in [7, 11) is 2.52. The molecule has 0 aliphatic heterocycles. The molecule has 0 aliphatic carbocycles. The van der Waals surface area contributed by atoms with Crippen molar-refractivity contribution in [2.45, 2.75) is 13.8 Å².